The summed E-state index contributed by atoms with van der Waals surface area (Å²) in [5.41, 5.74) is 0.211. The van der Waals surface area contributed by atoms with E-state index in [1.807, 2.05) is 0 Å². The highest BCUT2D eigenvalue weighted by Crippen LogP contribution is 2.51. The van der Waals surface area contributed by atoms with Crippen molar-refractivity contribution in [3.05, 3.63) is 24.7 Å². The van der Waals surface area contributed by atoms with Crippen LogP contribution in [-0.4, -0.2) is 36.6 Å². The molecule has 0 aromatic carbocycles. The molecule has 2 aliphatic carbocycles. The van der Waals surface area contributed by atoms with E-state index in [1.165, 1.54) is 0 Å². The maximum Gasteiger partial charge on any atom is 0.0960 e. The molecule has 6 atom stereocenters. The molecule has 0 bridgehead atoms. The first kappa shape index (κ1) is 19.3. The molecule has 0 aromatic rings. The van der Waals surface area contributed by atoms with Crippen LogP contribution < -0.4 is 0 Å². The normalized spacial score (nSPS) is 42.5. The van der Waals surface area contributed by atoms with Crippen molar-refractivity contribution in [1.29, 1.82) is 0 Å². The van der Waals surface area contributed by atoms with Gasteiger partial charge in [-0.2, -0.15) is 0 Å². The minimum Gasteiger partial charge on any atom is -0.498 e. The Morgan fingerprint density at radius 1 is 0.889 bits per heavy atom. The molecule has 0 radical (unpaired) electrons. The van der Waals surface area contributed by atoms with Gasteiger partial charge in [0.05, 0.1) is 48.1 Å². The summed E-state index contributed by atoms with van der Waals surface area (Å²) in [5.74, 6) is 2.67. The topological polar surface area (TPSA) is 43.5 Å². The second-order valence-corrected chi connectivity index (χ2v) is 10.5. The molecule has 152 valence electrons. The lowest BCUT2D eigenvalue weighted by molar-refractivity contribution is 0.0259. The maximum atomic E-state index is 6.08. The van der Waals surface area contributed by atoms with Crippen molar-refractivity contribution in [3.63, 3.8) is 0 Å². The first-order valence-electron chi connectivity index (χ1n) is 10.6. The fraction of sp³-hybridized carbons (Fsp3) is 0.826. The number of fused-ring (bicyclic) bond motifs is 2. The van der Waals surface area contributed by atoms with Crippen molar-refractivity contribution in [2.24, 2.45) is 17.3 Å². The van der Waals surface area contributed by atoms with Gasteiger partial charge in [0.1, 0.15) is 0 Å². The van der Waals surface area contributed by atoms with E-state index in [0.717, 1.165) is 50.0 Å². The van der Waals surface area contributed by atoms with Crippen LogP contribution in [0.4, 0.5) is 0 Å². The van der Waals surface area contributed by atoms with Crippen LogP contribution in [-0.2, 0) is 18.9 Å². The summed E-state index contributed by atoms with van der Waals surface area (Å²) in [5, 5.41) is 0. The van der Waals surface area contributed by atoms with Gasteiger partial charge in [-0.15, -0.1) is 0 Å². The number of epoxide rings is 2. The summed E-state index contributed by atoms with van der Waals surface area (Å²) in [6.07, 6.45) is 7.37. The monoisotopic (exact) mass is 376 g/mol. The highest BCUT2D eigenvalue weighted by Gasteiger charge is 2.56. The quantitative estimate of drug-likeness (QED) is 0.442. The first-order valence-corrected chi connectivity index (χ1v) is 10.6. The van der Waals surface area contributed by atoms with Crippen molar-refractivity contribution in [2.45, 2.75) is 89.6 Å². The van der Waals surface area contributed by atoms with Crippen molar-refractivity contribution in [3.8, 4) is 0 Å². The molecule has 4 rings (SSSR count). The number of hydrogen-bond donors (Lipinski definition) is 0. The lowest BCUT2D eigenvalue weighted by Crippen LogP contribution is -2.29. The molecule has 4 heteroatoms. The van der Waals surface area contributed by atoms with E-state index in [-0.39, 0.29) is 16.6 Å². The number of rotatable bonds is 8. The van der Waals surface area contributed by atoms with E-state index < -0.39 is 0 Å². The van der Waals surface area contributed by atoms with Crippen molar-refractivity contribution in [2.75, 3.05) is 13.2 Å². The molecule has 0 spiro atoms. The first-order chi connectivity index (χ1) is 12.6. The Hall–Kier alpha value is -1.00. The van der Waals surface area contributed by atoms with Crippen molar-refractivity contribution >= 4 is 0 Å². The highest BCUT2D eigenvalue weighted by molar-refractivity contribution is 5.10. The summed E-state index contributed by atoms with van der Waals surface area (Å²) in [7, 11) is 0. The second kappa shape index (κ2) is 6.52. The van der Waals surface area contributed by atoms with Crippen LogP contribution in [0.2, 0.25) is 0 Å². The van der Waals surface area contributed by atoms with Crippen LogP contribution in [0, 0.1) is 17.3 Å². The van der Waals surface area contributed by atoms with E-state index >= 15 is 0 Å². The number of ether oxygens (including phenoxy) is 4. The SMILES string of the molecule is C=C(OCC(C)(C)COC(=C)C1CCC2(C)OC2C1)C1CCC2(C)OC2C1. The third-order valence-electron chi connectivity index (χ3n) is 7.25. The Bertz CT molecular complexity index is 574. The molecule has 27 heavy (non-hydrogen) atoms. The minimum atomic E-state index is -0.0790. The summed E-state index contributed by atoms with van der Waals surface area (Å²) >= 11 is 0. The van der Waals surface area contributed by atoms with Crippen LogP contribution in [0.1, 0.15) is 66.2 Å². The van der Waals surface area contributed by atoms with E-state index in [9.17, 15) is 0 Å². The molecule has 6 unspecified atom stereocenters. The van der Waals surface area contributed by atoms with Gasteiger partial charge in [-0.1, -0.05) is 27.0 Å². The Kier molecular flexibility index (Phi) is 4.67. The van der Waals surface area contributed by atoms with E-state index in [2.05, 4.69) is 40.9 Å². The van der Waals surface area contributed by atoms with Gasteiger partial charge in [-0.3, -0.25) is 0 Å². The average Bonchev–Trinajstić information content (AvgIpc) is 3.49. The van der Waals surface area contributed by atoms with E-state index in [1.54, 1.807) is 0 Å². The molecule has 0 aromatic heterocycles. The Morgan fingerprint density at radius 3 is 1.67 bits per heavy atom. The summed E-state index contributed by atoms with van der Waals surface area (Å²) in [4.78, 5) is 0. The second-order valence-electron chi connectivity index (χ2n) is 10.5. The van der Waals surface area contributed by atoms with Gasteiger partial charge in [0.25, 0.3) is 0 Å². The molecular weight excluding hydrogens is 340 g/mol. The molecule has 2 heterocycles. The average molecular weight is 377 g/mol. The molecule has 4 fully saturated rings. The van der Waals surface area contributed by atoms with Gasteiger partial charge < -0.3 is 18.9 Å². The fourth-order valence-corrected chi connectivity index (χ4v) is 4.73. The van der Waals surface area contributed by atoms with Gasteiger partial charge in [-0.25, -0.2) is 0 Å². The summed E-state index contributed by atoms with van der Waals surface area (Å²) in [6, 6.07) is 0. The van der Waals surface area contributed by atoms with Crippen LogP contribution in [0.15, 0.2) is 24.7 Å². The summed E-state index contributed by atoms with van der Waals surface area (Å²) in [6.45, 7) is 18.4. The van der Waals surface area contributed by atoms with Crippen LogP contribution in [0.25, 0.3) is 0 Å². The number of allylic oxidation sites excluding steroid dienone is 2. The van der Waals surface area contributed by atoms with Gasteiger partial charge >= 0.3 is 0 Å². The third kappa shape index (κ3) is 4.07. The zero-order valence-corrected chi connectivity index (χ0v) is 17.5. The van der Waals surface area contributed by atoms with Gasteiger partial charge in [0.15, 0.2) is 0 Å². The van der Waals surface area contributed by atoms with E-state index in [0.29, 0.717) is 37.3 Å². The zero-order valence-electron chi connectivity index (χ0n) is 17.5. The van der Waals surface area contributed by atoms with Gasteiger partial charge in [0, 0.05) is 17.3 Å². The lowest BCUT2D eigenvalue weighted by Gasteiger charge is -2.31. The molecule has 0 amide bonds. The molecular formula is C23H36O4. The largest absolute Gasteiger partial charge is 0.498 e. The molecule has 2 aliphatic heterocycles. The fourth-order valence-electron chi connectivity index (χ4n) is 4.73. The van der Waals surface area contributed by atoms with Gasteiger partial charge in [0.2, 0.25) is 0 Å². The van der Waals surface area contributed by atoms with Crippen molar-refractivity contribution < 1.29 is 18.9 Å². The molecule has 2 saturated heterocycles. The standard InChI is InChI=1S/C23H36O4/c1-15(17-7-9-22(5)19(11-17)26-22)24-13-21(3,4)14-25-16(2)18-8-10-23(6)20(12-18)27-23/h17-20H,1-2,7-14H2,3-6H3. The van der Waals surface area contributed by atoms with E-state index in [4.69, 9.17) is 18.9 Å². The highest BCUT2D eigenvalue weighted by atomic mass is 16.6. The van der Waals surface area contributed by atoms with Crippen LogP contribution in [0.5, 0.6) is 0 Å². The summed E-state index contributed by atoms with van der Waals surface area (Å²) < 4.78 is 23.8. The lowest BCUT2D eigenvalue weighted by atomic mass is 9.82. The smallest absolute Gasteiger partial charge is 0.0960 e. The Balaban J connectivity index is 1.17. The maximum absolute atomic E-state index is 6.08. The molecule has 4 nitrogen and oxygen atoms in total. The Morgan fingerprint density at radius 2 is 1.30 bits per heavy atom. The van der Waals surface area contributed by atoms with Crippen LogP contribution >= 0.6 is 0 Å². The predicted octanol–water partition coefficient (Wildman–Crippen LogP) is 4.99. The van der Waals surface area contributed by atoms with Crippen LogP contribution in [0.3, 0.4) is 0 Å². The minimum absolute atomic E-state index is 0.0790. The van der Waals surface area contributed by atoms with Crippen molar-refractivity contribution in [1.82, 2.24) is 0 Å². The Labute approximate surface area is 164 Å². The number of hydrogen-bond acceptors (Lipinski definition) is 4. The molecule has 0 N–H and O–H groups in total. The molecule has 4 aliphatic rings. The molecule has 2 saturated carbocycles. The zero-order chi connectivity index (χ0) is 19.4. The predicted molar refractivity (Wildman–Crippen MR) is 105 cm³/mol. The van der Waals surface area contributed by atoms with Gasteiger partial charge in [-0.05, 0) is 52.4 Å². The third-order valence-corrected chi connectivity index (χ3v) is 7.25.